The summed E-state index contributed by atoms with van der Waals surface area (Å²) in [5.74, 6) is 0. The molecule has 0 aromatic carbocycles. The molecule has 1 amide bonds. The molecule has 1 aliphatic heterocycles. The summed E-state index contributed by atoms with van der Waals surface area (Å²) in [6.45, 7) is 2.05. The van der Waals surface area contributed by atoms with Gasteiger partial charge in [-0.1, -0.05) is 0 Å². The van der Waals surface area contributed by atoms with Crippen molar-refractivity contribution in [3.8, 4) is 0 Å². The molecule has 0 aliphatic carbocycles. The SMILES string of the molecule is CN1CC(N(C)C=O)C1. The first-order chi connectivity index (χ1) is 4.24. The third-order valence-electron chi connectivity index (χ3n) is 1.79. The van der Waals surface area contributed by atoms with Gasteiger partial charge in [-0.15, -0.1) is 0 Å². The number of carbonyl (C=O) groups excluding carboxylic acids is 1. The maximum atomic E-state index is 10.2. The first kappa shape index (κ1) is 6.55. The van der Waals surface area contributed by atoms with Gasteiger partial charge in [0.1, 0.15) is 0 Å². The molecule has 0 unspecified atom stereocenters. The monoisotopic (exact) mass is 128 g/mol. The summed E-state index contributed by atoms with van der Waals surface area (Å²) in [4.78, 5) is 14.1. The van der Waals surface area contributed by atoms with Gasteiger partial charge < -0.3 is 9.80 Å². The highest BCUT2D eigenvalue weighted by molar-refractivity contribution is 5.47. The van der Waals surface area contributed by atoms with Crippen molar-refractivity contribution in [2.24, 2.45) is 0 Å². The molecule has 3 heteroatoms. The lowest BCUT2D eigenvalue weighted by Crippen LogP contribution is -2.56. The fourth-order valence-corrected chi connectivity index (χ4v) is 1.01. The predicted molar refractivity (Wildman–Crippen MR) is 35.1 cm³/mol. The standard InChI is InChI=1S/C6H12N2O/c1-7-3-6(4-7)8(2)5-9/h5-6H,3-4H2,1-2H3. The molecule has 3 nitrogen and oxygen atoms in total. The number of likely N-dealkylation sites (N-methyl/N-ethyl adjacent to an activating group) is 2. The summed E-state index contributed by atoms with van der Waals surface area (Å²) in [6.07, 6.45) is 0.887. The van der Waals surface area contributed by atoms with Crippen LogP contribution in [0.25, 0.3) is 0 Å². The molecule has 0 saturated carbocycles. The normalized spacial score (nSPS) is 21.1. The molecule has 0 aromatic rings. The van der Waals surface area contributed by atoms with Crippen LogP contribution in [0.2, 0.25) is 0 Å². The van der Waals surface area contributed by atoms with Crippen LogP contribution in [0.5, 0.6) is 0 Å². The van der Waals surface area contributed by atoms with E-state index in [-0.39, 0.29) is 0 Å². The summed E-state index contributed by atoms with van der Waals surface area (Å²) in [6, 6.07) is 0.465. The van der Waals surface area contributed by atoms with Crippen molar-refractivity contribution in [2.75, 3.05) is 27.2 Å². The van der Waals surface area contributed by atoms with Gasteiger partial charge in [-0.25, -0.2) is 0 Å². The van der Waals surface area contributed by atoms with Gasteiger partial charge >= 0.3 is 0 Å². The average molecular weight is 128 g/mol. The van der Waals surface area contributed by atoms with Gasteiger partial charge in [-0.3, -0.25) is 4.79 Å². The molecular weight excluding hydrogens is 116 g/mol. The number of likely N-dealkylation sites (tertiary alicyclic amines) is 1. The number of hydrogen-bond donors (Lipinski definition) is 0. The molecule has 1 saturated heterocycles. The number of hydrogen-bond acceptors (Lipinski definition) is 2. The Hall–Kier alpha value is -0.570. The topological polar surface area (TPSA) is 23.6 Å². The summed E-state index contributed by atoms with van der Waals surface area (Å²) in [5.41, 5.74) is 0. The molecule has 1 heterocycles. The Bertz CT molecular complexity index is 110. The fraction of sp³-hybridized carbons (Fsp3) is 0.833. The van der Waals surface area contributed by atoms with Crippen LogP contribution in [0.1, 0.15) is 0 Å². The van der Waals surface area contributed by atoms with Gasteiger partial charge in [-0.2, -0.15) is 0 Å². The molecule has 0 radical (unpaired) electrons. The van der Waals surface area contributed by atoms with Crippen LogP contribution in [-0.4, -0.2) is 49.4 Å². The number of nitrogens with zero attached hydrogens (tertiary/aromatic N) is 2. The van der Waals surface area contributed by atoms with Crippen molar-refractivity contribution in [1.82, 2.24) is 9.80 Å². The Balaban J connectivity index is 2.23. The van der Waals surface area contributed by atoms with E-state index in [1.807, 2.05) is 7.05 Å². The van der Waals surface area contributed by atoms with Gasteiger partial charge in [-0.05, 0) is 7.05 Å². The molecule has 52 valence electrons. The van der Waals surface area contributed by atoms with Crippen LogP contribution < -0.4 is 0 Å². The van der Waals surface area contributed by atoms with Gasteiger partial charge in [0.2, 0.25) is 6.41 Å². The molecule has 0 aromatic heterocycles. The Morgan fingerprint density at radius 3 is 2.56 bits per heavy atom. The zero-order valence-electron chi connectivity index (χ0n) is 5.87. The van der Waals surface area contributed by atoms with Crippen LogP contribution in [0, 0.1) is 0 Å². The van der Waals surface area contributed by atoms with Crippen LogP contribution >= 0.6 is 0 Å². The van der Waals surface area contributed by atoms with E-state index in [1.54, 1.807) is 4.90 Å². The Labute approximate surface area is 55.2 Å². The van der Waals surface area contributed by atoms with E-state index < -0.39 is 0 Å². The fourth-order valence-electron chi connectivity index (χ4n) is 1.01. The van der Waals surface area contributed by atoms with Crippen LogP contribution in [0.3, 0.4) is 0 Å². The molecule has 1 aliphatic rings. The quantitative estimate of drug-likeness (QED) is 0.463. The minimum atomic E-state index is 0.465. The third kappa shape index (κ3) is 1.21. The highest BCUT2D eigenvalue weighted by atomic mass is 16.1. The van der Waals surface area contributed by atoms with Crippen molar-refractivity contribution in [3.05, 3.63) is 0 Å². The van der Waals surface area contributed by atoms with Gasteiger partial charge in [0.05, 0.1) is 6.04 Å². The van der Waals surface area contributed by atoms with Crippen molar-refractivity contribution in [2.45, 2.75) is 6.04 Å². The zero-order chi connectivity index (χ0) is 6.85. The first-order valence-corrected chi connectivity index (χ1v) is 3.10. The Morgan fingerprint density at radius 2 is 2.22 bits per heavy atom. The summed E-state index contributed by atoms with van der Waals surface area (Å²) in [7, 11) is 3.87. The third-order valence-corrected chi connectivity index (χ3v) is 1.79. The molecule has 0 N–H and O–H groups in total. The lowest BCUT2D eigenvalue weighted by atomic mass is 10.1. The Morgan fingerprint density at radius 1 is 1.67 bits per heavy atom. The van der Waals surface area contributed by atoms with E-state index in [9.17, 15) is 4.79 Å². The average Bonchev–Trinajstić information content (AvgIpc) is 1.79. The molecule has 0 spiro atoms. The minimum absolute atomic E-state index is 0.465. The highest BCUT2D eigenvalue weighted by Gasteiger charge is 2.25. The van der Waals surface area contributed by atoms with Crippen LogP contribution in [-0.2, 0) is 4.79 Å². The molecule has 9 heavy (non-hydrogen) atoms. The number of rotatable bonds is 2. The highest BCUT2D eigenvalue weighted by Crippen LogP contribution is 2.08. The second kappa shape index (κ2) is 2.35. The van der Waals surface area contributed by atoms with Crippen molar-refractivity contribution < 1.29 is 4.79 Å². The van der Waals surface area contributed by atoms with Gasteiger partial charge in [0, 0.05) is 20.1 Å². The van der Waals surface area contributed by atoms with E-state index >= 15 is 0 Å². The molecule has 1 fully saturated rings. The summed E-state index contributed by atoms with van der Waals surface area (Å²) < 4.78 is 0. The van der Waals surface area contributed by atoms with E-state index in [1.165, 1.54) is 0 Å². The van der Waals surface area contributed by atoms with E-state index in [2.05, 4.69) is 11.9 Å². The second-order valence-electron chi connectivity index (χ2n) is 2.65. The van der Waals surface area contributed by atoms with Crippen molar-refractivity contribution in [1.29, 1.82) is 0 Å². The smallest absolute Gasteiger partial charge is 0.209 e. The lowest BCUT2D eigenvalue weighted by Gasteiger charge is -2.40. The van der Waals surface area contributed by atoms with Crippen LogP contribution in [0.4, 0.5) is 0 Å². The van der Waals surface area contributed by atoms with E-state index in [0.29, 0.717) is 6.04 Å². The molecular formula is C6H12N2O. The van der Waals surface area contributed by atoms with E-state index in [4.69, 9.17) is 0 Å². The molecule has 0 bridgehead atoms. The number of amides is 1. The predicted octanol–water partition coefficient (Wildman–Crippen LogP) is -0.611. The Kier molecular flexibility index (Phi) is 1.71. The molecule has 0 atom stereocenters. The maximum Gasteiger partial charge on any atom is 0.209 e. The van der Waals surface area contributed by atoms with Gasteiger partial charge in [0.15, 0.2) is 0 Å². The van der Waals surface area contributed by atoms with E-state index in [0.717, 1.165) is 19.5 Å². The van der Waals surface area contributed by atoms with Crippen molar-refractivity contribution in [3.63, 3.8) is 0 Å². The van der Waals surface area contributed by atoms with Gasteiger partial charge in [0.25, 0.3) is 0 Å². The molecule has 1 rings (SSSR count). The largest absolute Gasteiger partial charge is 0.343 e. The second-order valence-corrected chi connectivity index (χ2v) is 2.65. The maximum absolute atomic E-state index is 10.2. The summed E-state index contributed by atoms with van der Waals surface area (Å²) in [5, 5.41) is 0. The number of carbonyl (C=O) groups is 1. The van der Waals surface area contributed by atoms with Crippen LogP contribution in [0.15, 0.2) is 0 Å². The zero-order valence-corrected chi connectivity index (χ0v) is 5.87. The lowest BCUT2D eigenvalue weighted by molar-refractivity contribution is -0.121. The summed E-state index contributed by atoms with van der Waals surface area (Å²) >= 11 is 0. The minimum Gasteiger partial charge on any atom is -0.343 e. The van der Waals surface area contributed by atoms with Crippen molar-refractivity contribution >= 4 is 6.41 Å². The first-order valence-electron chi connectivity index (χ1n) is 3.10.